The van der Waals surface area contributed by atoms with Gasteiger partial charge in [-0.1, -0.05) is 25.5 Å². The van der Waals surface area contributed by atoms with Gasteiger partial charge in [0.15, 0.2) is 0 Å². The molecule has 126 valence electrons. The summed E-state index contributed by atoms with van der Waals surface area (Å²) in [6.45, 7) is 7.06. The number of H-pyrrole nitrogens is 1. The molecule has 0 bridgehead atoms. The number of benzene rings is 1. The molecule has 0 saturated heterocycles. The maximum atomic E-state index is 12.6. The summed E-state index contributed by atoms with van der Waals surface area (Å²) in [4.78, 5) is 32.0. The molecule has 2 N–H and O–H groups in total. The molecule has 3 aromatic rings. The summed E-state index contributed by atoms with van der Waals surface area (Å²) >= 11 is 0. The summed E-state index contributed by atoms with van der Waals surface area (Å²) < 4.78 is 1.49. The van der Waals surface area contributed by atoms with Crippen LogP contribution in [0.25, 0.3) is 21.9 Å². The van der Waals surface area contributed by atoms with Crippen LogP contribution < -0.4 is 10.9 Å². The van der Waals surface area contributed by atoms with Crippen LogP contribution in [0, 0.1) is 12.8 Å². The second-order valence-electron chi connectivity index (χ2n) is 6.59. The second kappa shape index (κ2) is 6.47. The van der Waals surface area contributed by atoms with Crippen molar-refractivity contribution in [3.8, 4) is 0 Å². The topological polar surface area (TPSA) is 79.8 Å². The van der Waals surface area contributed by atoms with Crippen molar-refractivity contribution in [2.45, 2.75) is 33.7 Å². The highest BCUT2D eigenvalue weighted by Gasteiger charge is 2.12. The fraction of sp³-hybridized carbons (Fsp3) is 0.389. The Morgan fingerprint density at radius 3 is 2.92 bits per heavy atom. The molecule has 6 heteroatoms. The Morgan fingerprint density at radius 1 is 1.38 bits per heavy atom. The Kier molecular flexibility index (Phi) is 4.38. The van der Waals surface area contributed by atoms with E-state index >= 15 is 0 Å². The smallest absolute Gasteiger partial charge is 0.277 e. The summed E-state index contributed by atoms with van der Waals surface area (Å²) in [7, 11) is 0. The first-order valence-electron chi connectivity index (χ1n) is 8.20. The third kappa shape index (κ3) is 3.18. The summed E-state index contributed by atoms with van der Waals surface area (Å²) in [6, 6.07) is 5.97. The Hall–Kier alpha value is -2.63. The van der Waals surface area contributed by atoms with Crippen molar-refractivity contribution in [3.05, 3.63) is 40.4 Å². The van der Waals surface area contributed by atoms with Gasteiger partial charge >= 0.3 is 0 Å². The molecule has 0 spiro atoms. The molecule has 0 saturated carbocycles. The van der Waals surface area contributed by atoms with Gasteiger partial charge in [0.25, 0.3) is 5.56 Å². The summed E-state index contributed by atoms with van der Waals surface area (Å²) in [5.41, 5.74) is 3.04. The third-order valence-corrected chi connectivity index (χ3v) is 4.01. The Balaban J connectivity index is 1.85. The fourth-order valence-corrected chi connectivity index (χ4v) is 2.69. The molecule has 3 rings (SSSR count). The Labute approximate surface area is 139 Å². The zero-order valence-electron chi connectivity index (χ0n) is 14.2. The molecule has 0 aliphatic rings. The molecule has 0 fully saturated rings. The minimum atomic E-state index is -0.148. The minimum Gasteiger partial charge on any atom is -0.356 e. The van der Waals surface area contributed by atoms with Gasteiger partial charge in [0.1, 0.15) is 11.0 Å². The van der Waals surface area contributed by atoms with Crippen LogP contribution in [0.2, 0.25) is 0 Å². The molecule has 0 unspecified atom stereocenters. The van der Waals surface area contributed by atoms with Crippen molar-refractivity contribution in [1.29, 1.82) is 0 Å². The number of hydrogen-bond donors (Lipinski definition) is 2. The van der Waals surface area contributed by atoms with Gasteiger partial charge < -0.3 is 10.3 Å². The maximum Gasteiger partial charge on any atom is 0.277 e. The standard InChI is InChI=1S/C18H22N4O2/c1-11(2)9-19-15(23)6-7-22-10-20-16-13-8-12(3)4-5-14(13)21-17(16)18(22)24/h4-5,8,10-11,21H,6-7,9H2,1-3H3,(H,19,23). The monoisotopic (exact) mass is 326 g/mol. The second-order valence-corrected chi connectivity index (χ2v) is 6.59. The number of aromatic amines is 1. The van der Waals surface area contributed by atoms with Crippen LogP contribution in [0.3, 0.4) is 0 Å². The first-order valence-corrected chi connectivity index (χ1v) is 8.20. The Morgan fingerprint density at radius 2 is 2.17 bits per heavy atom. The zero-order chi connectivity index (χ0) is 17.3. The SMILES string of the molecule is Cc1ccc2[nH]c3c(=O)n(CCC(=O)NCC(C)C)cnc3c2c1. The van der Waals surface area contributed by atoms with Crippen molar-refractivity contribution in [1.82, 2.24) is 19.9 Å². The molecular formula is C18H22N4O2. The van der Waals surface area contributed by atoms with Crippen LogP contribution in [-0.2, 0) is 11.3 Å². The molecule has 24 heavy (non-hydrogen) atoms. The van der Waals surface area contributed by atoms with E-state index in [1.807, 2.05) is 39.0 Å². The van der Waals surface area contributed by atoms with E-state index in [9.17, 15) is 9.59 Å². The summed E-state index contributed by atoms with van der Waals surface area (Å²) in [6.07, 6.45) is 1.79. The number of amides is 1. The number of hydrogen-bond acceptors (Lipinski definition) is 3. The van der Waals surface area contributed by atoms with E-state index in [-0.39, 0.29) is 17.9 Å². The molecule has 2 aromatic heterocycles. The van der Waals surface area contributed by atoms with Gasteiger partial charge in [-0.05, 0) is 25.0 Å². The van der Waals surface area contributed by atoms with Crippen molar-refractivity contribution in [2.75, 3.05) is 6.54 Å². The lowest BCUT2D eigenvalue weighted by Gasteiger charge is -2.08. The highest BCUT2D eigenvalue weighted by molar-refractivity contribution is 6.04. The molecule has 0 aliphatic carbocycles. The van der Waals surface area contributed by atoms with Crippen LogP contribution in [0.15, 0.2) is 29.3 Å². The minimum absolute atomic E-state index is 0.0528. The third-order valence-electron chi connectivity index (χ3n) is 4.01. The number of nitrogens with zero attached hydrogens (tertiary/aromatic N) is 2. The lowest BCUT2D eigenvalue weighted by molar-refractivity contribution is -0.121. The van der Waals surface area contributed by atoms with E-state index in [2.05, 4.69) is 15.3 Å². The molecule has 0 aliphatic heterocycles. The van der Waals surface area contributed by atoms with E-state index < -0.39 is 0 Å². The predicted molar refractivity (Wildman–Crippen MR) is 95.1 cm³/mol. The zero-order valence-corrected chi connectivity index (χ0v) is 14.2. The lowest BCUT2D eigenvalue weighted by Crippen LogP contribution is -2.30. The normalized spacial score (nSPS) is 11.5. The van der Waals surface area contributed by atoms with Crippen LogP contribution >= 0.6 is 0 Å². The molecular weight excluding hydrogens is 304 g/mol. The van der Waals surface area contributed by atoms with Gasteiger partial charge in [0.05, 0.1) is 6.33 Å². The van der Waals surface area contributed by atoms with E-state index in [0.717, 1.165) is 16.5 Å². The highest BCUT2D eigenvalue weighted by Crippen LogP contribution is 2.22. The first-order chi connectivity index (χ1) is 11.5. The van der Waals surface area contributed by atoms with Gasteiger partial charge in [-0.3, -0.25) is 14.2 Å². The van der Waals surface area contributed by atoms with Crippen LogP contribution in [0.5, 0.6) is 0 Å². The molecule has 2 heterocycles. The van der Waals surface area contributed by atoms with Crippen molar-refractivity contribution in [2.24, 2.45) is 5.92 Å². The van der Waals surface area contributed by atoms with Gasteiger partial charge in [-0.2, -0.15) is 0 Å². The number of rotatable bonds is 5. The number of carbonyl (C=O) groups is 1. The van der Waals surface area contributed by atoms with Crippen LogP contribution in [0.1, 0.15) is 25.8 Å². The summed E-state index contributed by atoms with van der Waals surface area (Å²) in [5, 5.41) is 3.80. The van der Waals surface area contributed by atoms with Crippen molar-refractivity contribution >= 4 is 27.8 Å². The molecule has 0 atom stereocenters. The van der Waals surface area contributed by atoms with E-state index in [1.165, 1.54) is 10.9 Å². The Bertz CT molecular complexity index is 953. The molecule has 1 amide bonds. The fourth-order valence-electron chi connectivity index (χ4n) is 2.69. The predicted octanol–water partition coefficient (Wildman–Crippen LogP) is 2.35. The number of fused-ring (bicyclic) bond motifs is 3. The van der Waals surface area contributed by atoms with E-state index in [0.29, 0.717) is 30.0 Å². The average Bonchev–Trinajstić information content (AvgIpc) is 2.91. The quantitative estimate of drug-likeness (QED) is 0.755. The van der Waals surface area contributed by atoms with Crippen molar-refractivity contribution in [3.63, 3.8) is 0 Å². The van der Waals surface area contributed by atoms with Gasteiger partial charge in [0.2, 0.25) is 5.91 Å². The molecule has 1 aromatic carbocycles. The van der Waals surface area contributed by atoms with Crippen LogP contribution in [0.4, 0.5) is 0 Å². The number of aromatic nitrogens is 3. The van der Waals surface area contributed by atoms with Gasteiger partial charge in [-0.15, -0.1) is 0 Å². The largest absolute Gasteiger partial charge is 0.356 e. The van der Waals surface area contributed by atoms with Crippen LogP contribution in [-0.4, -0.2) is 27.0 Å². The lowest BCUT2D eigenvalue weighted by atomic mass is 10.2. The first kappa shape index (κ1) is 16.2. The van der Waals surface area contributed by atoms with E-state index in [4.69, 9.17) is 0 Å². The number of nitrogens with one attached hydrogen (secondary N) is 2. The number of aryl methyl sites for hydroxylation is 2. The van der Waals surface area contributed by atoms with Gasteiger partial charge in [-0.25, -0.2) is 4.98 Å². The van der Waals surface area contributed by atoms with Crippen molar-refractivity contribution < 1.29 is 4.79 Å². The summed E-state index contributed by atoms with van der Waals surface area (Å²) in [5.74, 6) is 0.354. The average molecular weight is 326 g/mol. The molecule has 6 nitrogen and oxygen atoms in total. The van der Waals surface area contributed by atoms with Gasteiger partial charge in [0, 0.05) is 30.4 Å². The molecule has 0 radical (unpaired) electrons. The number of carbonyl (C=O) groups excluding carboxylic acids is 1. The van der Waals surface area contributed by atoms with E-state index in [1.54, 1.807) is 0 Å². The highest BCUT2D eigenvalue weighted by atomic mass is 16.1. The maximum absolute atomic E-state index is 12.6.